The molecule has 1 rings (SSSR count). The molecule has 0 amide bonds. The third-order valence-electron chi connectivity index (χ3n) is 1.36. The van der Waals surface area contributed by atoms with Gasteiger partial charge in [0.1, 0.15) is 24.8 Å². The van der Waals surface area contributed by atoms with Gasteiger partial charge in [-0.3, -0.25) is 0 Å². The maximum atomic E-state index is 12.4. The molecule has 0 saturated heterocycles. The fourth-order valence-corrected chi connectivity index (χ4v) is 0.802. The fourth-order valence-electron chi connectivity index (χ4n) is 0.802. The lowest BCUT2D eigenvalue weighted by atomic mass is 10.3. The van der Waals surface area contributed by atoms with E-state index in [0.717, 1.165) is 0 Å². The molecule has 0 aliphatic rings. The third-order valence-corrected chi connectivity index (χ3v) is 1.36. The highest BCUT2D eigenvalue weighted by molar-refractivity contribution is 5.21. The Morgan fingerprint density at radius 2 is 1.93 bits per heavy atom. The maximum absolute atomic E-state index is 12.4. The predicted molar refractivity (Wildman–Crippen MR) is 44.8 cm³/mol. The molecule has 0 unspecified atom stereocenters. The van der Waals surface area contributed by atoms with E-state index in [1.807, 2.05) is 0 Å². The summed E-state index contributed by atoms with van der Waals surface area (Å²) in [5.41, 5.74) is 0. The molecule has 0 heterocycles. The van der Waals surface area contributed by atoms with E-state index in [-0.39, 0.29) is 19.0 Å². The Kier molecular flexibility index (Phi) is 3.66. The van der Waals surface area contributed by atoms with Gasteiger partial charge in [-0.1, -0.05) is 0 Å². The summed E-state index contributed by atoms with van der Waals surface area (Å²) in [6.45, 7) is -0.100. The Hall–Kier alpha value is -1.85. The van der Waals surface area contributed by atoms with Crippen molar-refractivity contribution in [2.75, 3.05) is 13.2 Å². The standard InChI is InChI=1S/C8H8FNO4/c9-7-1-3-8(4-2-7)13-5-6-14-10(11)12/h1-4H,5-6H2. The van der Waals surface area contributed by atoms with Gasteiger partial charge in [-0.05, 0) is 24.3 Å². The zero-order chi connectivity index (χ0) is 10.4. The summed E-state index contributed by atoms with van der Waals surface area (Å²) in [5.74, 6) is 0.0808. The summed E-state index contributed by atoms with van der Waals surface area (Å²) in [5, 5.41) is 8.84. The molecular formula is C8H8FNO4. The lowest BCUT2D eigenvalue weighted by Crippen LogP contribution is -2.10. The van der Waals surface area contributed by atoms with Crippen LogP contribution >= 0.6 is 0 Å². The van der Waals surface area contributed by atoms with Crippen molar-refractivity contribution in [2.45, 2.75) is 0 Å². The Morgan fingerprint density at radius 3 is 2.50 bits per heavy atom. The van der Waals surface area contributed by atoms with Crippen LogP contribution in [0, 0.1) is 15.9 Å². The zero-order valence-corrected chi connectivity index (χ0v) is 7.18. The van der Waals surface area contributed by atoms with Gasteiger partial charge in [0.15, 0.2) is 0 Å². The van der Waals surface area contributed by atoms with Crippen LogP contribution in [0.25, 0.3) is 0 Å². The van der Waals surface area contributed by atoms with Gasteiger partial charge in [0.05, 0.1) is 0 Å². The largest absolute Gasteiger partial charge is 0.492 e. The monoisotopic (exact) mass is 201 g/mol. The SMILES string of the molecule is O=[N+]([O-])OCCOc1ccc(F)cc1. The van der Waals surface area contributed by atoms with Crippen LogP contribution in [0.15, 0.2) is 24.3 Å². The van der Waals surface area contributed by atoms with Crippen LogP contribution in [0.1, 0.15) is 0 Å². The summed E-state index contributed by atoms with van der Waals surface area (Å²) in [7, 11) is 0. The molecule has 0 N–H and O–H groups in total. The van der Waals surface area contributed by atoms with Crippen LogP contribution < -0.4 is 4.74 Å². The van der Waals surface area contributed by atoms with Crippen LogP contribution in [0.5, 0.6) is 5.75 Å². The van der Waals surface area contributed by atoms with E-state index in [0.29, 0.717) is 5.75 Å². The van der Waals surface area contributed by atoms with Crippen molar-refractivity contribution in [3.63, 3.8) is 0 Å². The first-order chi connectivity index (χ1) is 6.68. The first kappa shape index (κ1) is 10.2. The van der Waals surface area contributed by atoms with Crippen LogP contribution in [0.2, 0.25) is 0 Å². The first-order valence-electron chi connectivity index (χ1n) is 3.84. The lowest BCUT2D eigenvalue weighted by molar-refractivity contribution is -0.757. The second kappa shape index (κ2) is 5.00. The maximum Gasteiger partial charge on any atom is 0.294 e. The van der Waals surface area contributed by atoms with Crippen LogP contribution in [-0.4, -0.2) is 18.3 Å². The Labute approximate surface area is 79.2 Å². The summed E-state index contributed by atoms with van der Waals surface area (Å²) in [6.07, 6.45) is 0. The zero-order valence-electron chi connectivity index (χ0n) is 7.18. The van der Waals surface area contributed by atoms with E-state index in [1.165, 1.54) is 24.3 Å². The molecule has 1 aromatic rings. The second-order valence-electron chi connectivity index (χ2n) is 2.36. The minimum atomic E-state index is -0.895. The molecule has 0 fully saturated rings. The number of hydrogen-bond acceptors (Lipinski definition) is 4. The molecule has 14 heavy (non-hydrogen) atoms. The van der Waals surface area contributed by atoms with E-state index in [9.17, 15) is 14.5 Å². The minimum Gasteiger partial charge on any atom is -0.492 e. The summed E-state index contributed by atoms with van der Waals surface area (Å²) in [6, 6.07) is 5.34. The van der Waals surface area contributed by atoms with E-state index in [4.69, 9.17) is 4.74 Å². The van der Waals surface area contributed by atoms with E-state index < -0.39 is 5.09 Å². The average Bonchev–Trinajstić information content (AvgIpc) is 2.15. The second-order valence-corrected chi connectivity index (χ2v) is 2.36. The van der Waals surface area contributed by atoms with Crippen molar-refractivity contribution in [3.05, 3.63) is 40.2 Å². The van der Waals surface area contributed by atoms with Crippen molar-refractivity contribution >= 4 is 0 Å². The smallest absolute Gasteiger partial charge is 0.294 e. The van der Waals surface area contributed by atoms with Crippen molar-refractivity contribution in [3.8, 4) is 5.75 Å². The molecule has 0 atom stereocenters. The highest BCUT2D eigenvalue weighted by Crippen LogP contribution is 2.10. The van der Waals surface area contributed by atoms with E-state index >= 15 is 0 Å². The molecule has 0 bridgehead atoms. The first-order valence-corrected chi connectivity index (χ1v) is 3.84. The molecule has 6 heteroatoms. The van der Waals surface area contributed by atoms with Crippen LogP contribution in [-0.2, 0) is 4.84 Å². The van der Waals surface area contributed by atoms with Gasteiger partial charge in [-0.2, -0.15) is 0 Å². The normalized spacial score (nSPS) is 9.50. The topological polar surface area (TPSA) is 61.6 Å². The van der Waals surface area contributed by atoms with Gasteiger partial charge in [0.25, 0.3) is 5.09 Å². The van der Waals surface area contributed by atoms with Crippen LogP contribution in [0.3, 0.4) is 0 Å². The van der Waals surface area contributed by atoms with Crippen molar-refractivity contribution < 1.29 is 19.1 Å². The molecule has 0 aliphatic heterocycles. The number of nitrogens with zero attached hydrogens (tertiary/aromatic N) is 1. The van der Waals surface area contributed by atoms with Crippen molar-refractivity contribution in [1.82, 2.24) is 0 Å². The van der Waals surface area contributed by atoms with Crippen molar-refractivity contribution in [1.29, 1.82) is 0 Å². The molecular weight excluding hydrogens is 193 g/mol. The fraction of sp³-hybridized carbons (Fsp3) is 0.250. The van der Waals surface area contributed by atoms with Crippen molar-refractivity contribution in [2.24, 2.45) is 0 Å². The molecule has 0 aliphatic carbocycles. The van der Waals surface area contributed by atoms with E-state index in [2.05, 4.69) is 4.84 Å². The van der Waals surface area contributed by atoms with Gasteiger partial charge < -0.3 is 9.57 Å². The number of benzene rings is 1. The molecule has 0 saturated carbocycles. The molecule has 76 valence electrons. The number of ether oxygens (including phenoxy) is 1. The molecule has 1 aromatic carbocycles. The third kappa shape index (κ3) is 3.70. The number of hydrogen-bond donors (Lipinski definition) is 0. The Bertz CT molecular complexity index is 301. The van der Waals surface area contributed by atoms with Gasteiger partial charge in [0.2, 0.25) is 0 Å². The predicted octanol–water partition coefficient (Wildman–Crippen LogP) is 1.41. The van der Waals surface area contributed by atoms with Crippen LogP contribution in [0.4, 0.5) is 4.39 Å². The average molecular weight is 201 g/mol. The van der Waals surface area contributed by atoms with Gasteiger partial charge in [-0.15, -0.1) is 10.1 Å². The number of rotatable bonds is 5. The Balaban J connectivity index is 2.25. The molecule has 0 aromatic heterocycles. The molecule has 0 spiro atoms. The lowest BCUT2D eigenvalue weighted by Gasteiger charge is -2.04. The molecule has 0 radical (unpaired) electrons. The molecule has 5 nitrogen and oxygen atoms in total. The highest BCUT2D eigenvalue weighted by atomic mass is 19.1. The highest BCUT2D eigenvalue weighted by Gasteiger charge is 1.96. The minimum absolute atomic E-state index is 0.0482. The number of halogens is 1. The van der Waals surface area contributed by atoms with Gasteiger partial charge >= 0.3 is 0 Å². The van der Waals surface area contributed by atoms with E-state index in [1.54, 1.807) is 0 Å². The van der Waals surface area contributed by atoms with Gasteiger partial charge in [0, 0.05) is 0 Å². The summed E-state index contributed by atoms with van der Waals surface area (Å²) in [4.78, 5) is 13.7. The van der Waals surface area contributed by atoms with Gasteiger partial charge in [-0.25, -0.2) is 4.39 Å². The summed E-state index contributed by atoms with van der Waals surface area (Å²) < 4.78 is 17.4. The summed E-state index contributed by atoms with van der Waals surface area (Å²) >= 11 is 0. The Morgan fingerprint density at radius 1 is 1.29 bits per heavy atom. The quantitative estimate of drug-likeness (QED) is 0.410.